The summed E-state index contributed by atoms with van der Waals surface area (Å²) >= 11 is 14.6. The van der Waals surface area contributed by atoms with Gasteiger partial charge in [0.1, 0.15) is 0 Å². The highest BCUT2D eigenvalue weighted by Crippen LogP contribution is 2.39. The van der Waals surface area contributed by atoms with Crippen LogP contribution in [-0.4, -0.2) is 0 Å². The van der Waals surface area contributed by atoms with Crippen LogP contribution in [0.25, 0.3) is 0 Å². The smallest absolute Gasteiger partial charge is 0.166 e. The zero-order chi connectivity index (χ0) is 10.2. The number of hydrogen-bond donors (Lipinski definition) is 1. The molecule has 0 N–H and O–H groups in total. The Morgan fingerprint density at radius 1 is 1.15 bits per heavy atom. The molecule has 0 aliphatic heterocycles. The van der Waals surface area contributed by atoms with Crippen LogP contribution in [0.5, 0.6) is 0 Å². The molecule has 0 saturated carbocycles. The molecule has 1 rings (SSSR count). The van der Waals surface area contributed by atoms with E-state index in [4.69, 9.17) is 23.2 Å². The van der Waals surface area contributed by atoms with Crippen LogP contribution in [0.15, 0.2) is 17.0 Å². The van der Waals surface area contributed by atoms with Crippen molar-refractivity contribution in [2.24, 2.45) is 0 Å². The second-order valence-corrected chi connectivity index (χ2v) is 3.59. The molecule has 0 aliphatic rings. The van der Waals surface area contributed by atoms with Crippen molar-refractivity contribution in [3.8, 4) is 0 Å². The van der Waals surface area contributed by atoms with E-state index in [2.05, 4.69) is 12.6 Å². The molecule has 0 bridgehead atoms. The van der Waals surface area contributed by atoms with Gasteiger partial charge in [0.05, 0.1) is 15.6 Å². The van der Waals surface area contributed by atoms with Crippen LogP contribution >= 0.6 is 35.8 Å². The maximum absolute atomic E-state index is 12.2. The average Bonchev–Trinajstić information content (AvgIpc) is 1.94. The Hall–Kier alpha value is -0.0600. The number of alkyl halides is 3. The monoisotopic (exact) mass is 246 g/mol. The van der Waals surface area contributed by atoms with Gasteiger partial charge < -0.3 is 0 Å². The summed E-state index contributed by atoms with van der Waals surface area (Å²) in [7, 11) is 0. The molecule has 0 heterocycles. The van der Waals surface area contributed by atoms with Gasteiger partial charge >= 0.3 is 6.18 Å². The van der Waals surface area contributed by atoms with E-state index in [1.807, 2.05) is 0 Å². The van der Waals surface area contributed by atoms with Crippen molar-refractivity contribution in [3.63, 3.8) is 0 Å². The summed E-state index contributed by atoms with van der Waals surface area (Å²) in [4.78, 5) is 0.127. The van der Waals surface area contributed by atoms with Gasteiger partial charge in [0.25, 0.3) is 0 Å². The summed E-state index contributed by atoms with van der Waals surface area (Å²) in [6.07, 6.45) is -4.50. The molecule has 0 aliphatic carbocycles. The summed E-state index contributed by atoms with van der Waals surface area (Å²) in [6, 6.07) is 2.08. The number of rotatable bonds is 0. The normalized spacial score (nSPS) is 11.8. The van der Waals surface area contributed by atoms with Gasteiger partial charge in [-0.15, -0.1) is 12.6 Å². The molecule has 0 radical (unpaired) electrons. The van der Waals surface area contributed by atoms with Crippen molar-refractivity contribution in [2.75, 3.05) is 0 Å². The molecular weight excluding hydrogens is 244 g/mol. The van der Waals surface area contributed by atoms with Gasteiger partial charge in [-0.3, -0.25) is 0 Å². The van der Waals surface area contributed by atoms with Gasteiger partial charge in [-0.1, -0.05) is 23.2 Å². The first kappa shape index (κ1) is 11.0. The van der Waals surface area contributed by atoms with Crippen molar-refractivity contribution in [2.45, 2.75) is 11.1 Å². The van der Waals surface area contributed by atoms with Crippen molar-refractivity contribution in [1.29, 1.82) is 0 Å². The summed E-state index contributed by atoms with van der Waals surface area (Å²) < 4.78 is 36.7. The van der Waals surface area contributed by atoms with Crippen molar-refractivity contribution in [1.82, 2.24) is 0 Å². The average molecular weight is 247 g/mol. The lowest BCUT2D eigenvalue weighted by molar-refractivity contribution is -0.137. The Morgan fingerprint density at radius 3 is 2.15 bits per heavy atom. The van der Waals surface area contributed by atoms with E-state index in [-0.39, 0.29) is 9.92 Å². The van der Waals surface area contributed by atoms with Crippen molar-refractivity contribution < 1.29 is 13.2 Å². The van der Waals surface area contributed by atoms with Gasteiger partial charge in [-0.25, -0.2) is 0 Å². The molecule has 0 fully saturated rings. The fraction of sp³-hybridized carbons (Fsp3) is 0.143. The molecular formula is C7H3Cl2F3S. The predicted molar refractivity (Wildman–Crippen MR) is 48.7 cm³/mol. The first-order chi connectivity index (χ1) is 5.82. The van der Waals surface area contributed by atoms with Crippen LogP contribution in [0.4, 0.5) is 13.2 Å². The van der Waals surface area contributed by atoms with Gasteiger partial charge in [0.15, 0.2) is 0 Å². The van der Waals surface area contributed by atoms with E-state index in [9.17, 15) is 13.2 Å². The maximum Gasteiger partial charge on any atom is 0.417 e. The Morgan fingerprint density at radius 2 is 1.69 bits per heavy atom. The SMILES string of the molecule is FC(F)(F)c1cc(S)cc(Cl)c1Cl. The minimum atomic E-state index is -4.50. The molecule has 0 amide bonds. The standard InChI is InChI=1S/C7H3Cl2F3S/c8-5-2-3(13)1-4(6(5)9)7(10,11)12/h1-2,13H. The summed E-state index contributed by atoms with van der Waals surface area (Å²) in [6.45, 7) is 0. The lowest BCUT2D eigenvalue weighted by Crippen LogP contribution is -2.06. The highest BCUT2D eigenvalue weighted by molar-refractivity contribution is 7.80. The third kappa shape index (κ3) is 2.45. The third-order valence-electron chi connectivity index (χ3n) is 1.32. The van der Waals surface area contributed by atoms with Crippen molar-refractivity contribution >= 4 is 35.8 Å². The molecule has 0 saturated heterocycles. The Balaban J connectivity index is 3.37. The fourth-order valence-corrected chi connectivity index (χ4v) is 1.55. The van der Waals surface area contributed by atoms with Gasteiger partial charge in [0, 0.05) is 4.90 Å². The fourth-order valence-electron chi connectivity index (χ4n) is 0.781. The molecule has 0 atom stereocenters. The van der Waals surface area contributed by atoms with Crippen LogP contribution in [0, 0.1) is 0 Å². The highest BCUT2D eigenvalue weighted by Gasteiger charge is 2.34. The zero-order valence-electron chi connectivity index (χ0n) is 5.99. The molecule has 13 heavy (non-hydrogen) atoms. The first-order valence-corrected chi connectivity index (χ1v) is 4.28. The Labute approximate surface area is 88.1 Å². The lowest BCUT2D eigenvalue weighted by Gasteiger charge is -2.10. The van der Waals surface area contributed by atoms with Crippen LogP contribution in [0.2, 0.25) is 10.0 Å². The van der Waals surface area contributed by atoms with E-state index in [1.165, 1.54) is 6.07 Å². The number of thiol groups is 1. The predicted octanol–water partition coefficient (Wildman–Crippen LogP) is 4.30. The molecule has 1 aromatic rings. The molecule has 1 aromatic carbocycles. The topological polar surface area (TPSA) is 0 Å². The molecule has 0 unspecified atom stereocenters. The maximum atomic E-state index is 12.2. The van der Waals surface area contributed by atoms with Gasteiger partial charge in [-0.2, -0.15) is 13.2 Å². The number of hydrogen-bond acceptors (Lipinski definition) is 1. The van der Waals surface area contributed by atoms with E-state index in [0.717, 1.165) is 6.07 Å². The van der Waals surface area contributed by atoms with Crippen molar-refractivity contribution in [3.05, 3.63) is 27.7 Å². The van der Waals surface area contributed by atoms with E-state index >= 15 is 0 Å². The van der Waals surface area contributed by atoms with E-state index in [0.29, 0.717) is 0 Å². The molecule has 0 spiro atoms. The number of halogens is 5. The zero-order valence-corrected chi connectivity index (χ0v) is 8.40. The first-order valence-electron chi connectivity index (χ1n) is 3.07. The highest BCUT2D eigenvalue weighted by atomic mass is 35.5. The lowest BCUT2D eigenvalue weighted by atomic mass is 10.2. The minimum Gasteiger partial charge on any atom is -0.166 e. The summed E-state index contributed by atoms with van der Waals surface area (Å²) in [5.74, 6) is 0. The quantitative estimate of drug-likeness (QED) is 0.649. The van der Waals surface area contributed by atoms with Gasteiger partial charge in [-0.05, 0) is 12.1 Å². The largest absolute Gasteiger partial charge is 0.417 e. The van der Waals surface area contributed by atoms with E-state index in [1.54, 1.807) is 0 Å². The summed E-state index contributed by atoms with van der Waals surface area (Å²) in [5, 5.41) is -0.645. The molecule has 0 aromatic heterocycles. The van der Waals surface area contributed by atoms with Crippen LogP contribution < -0.4 is 0 Å². The second kappa shape index (κ2) is 3.59. The molecule has 0 nitrogen and oxygen atoms in total. The molecule has 6 heteroatoms. The van der Waals surface area contributed by atoms with Crippen LogP contribution in [0.3, 0.4) is 0 Å². The minimum absolute atomic E-state index is 0.127. The Bertz CT molecular complexity index is 335. The van der Waals surface area contributed by atoms with Crippen LogP contribution in [-0.2, 0) is 6.18 Å². The Kier molecular flexibility index (Phi) is 3.05. The molecule has 72 valence electrons. The summed E-state index contributed by atoms with van der Waals surface area (Å²) in [5.41, 5.74) is -0.966. The van der Waals surface area contributed by atoms with Crippen LogP contribution in [0.1, 0.15) is 5.56 Å². The third-order valence-corrected chi connectivity index (χ3v) is 2.38. The number of benzene rings is 1. The second-order valence-electron chi connectivity index (χ2n) is 2.29. The van der Waals surface area contributed by atoms with Gasteiger partial charge in [0.2, 0.25) is 0 Å². The van der Waals surface area contributed by atoms with E-state index < -0.39 is 16.8 Å².